The van der Waals surface area contributed by atoms with Crippen molar-refractivity contribution in [3.05, 3.63) is 28.2 Å². The van der Waals surface area contributed by atoms with Gasteiger partial charge >= 0.3 is 5.97 Å². The molecule has 6 heteroatoms. The maximum atomic E-state index is 11.9. The quantitative estimate of drug-likeness (QED) is 0.862. The number of benzene rings is 1. The number of hydrogen-bond donors (Lipinski definition) is 2. The van der Waals surface area contributed by atoms with Crippen LogP contribution in [0.25, 0.3) is 0 Å². The average Bonchev–Trinajstić information content (AvgIpc) is 2.33. The number of nitrogens with one attached hydrogen (secondary N) is 1. The average molecular weight is 343 g/mol. The first kappa shape index (κ1) is 16.7. The van der Waals surface area contributed by atoms with Crippen molar-refractivity contribution in [1.82, 2.24) is 4.90 Å². The molecule has 0 radical (unpaired) electrons. The largest absolute Gasteiger partial charge is 0.480 e. The number of nitrogens with zero attached hydrogens (tertiary/aromatic N) is 1. The van der Waals surface area contributed by atoms with E-state index in [1.807, 2.05) is 19.1 Å². The zero-order valence-electron chi connectivity index (χ0n) is 12.0. The molecule has 2 N–H and O–H groups in total. The number of hydrogen-bond acceptors (Lipinski definition) is 3. The van der Waals surface area contributed by atoms with E-state index in [-0.39, 0.29) is 12.5 Å². The second kappa shape index (κ2) is 6.37. The second-order valence-corrected chi connectivity index (χ2v) is 6.09. The third-order valence-electron chi connectivity index (χ3n) is 3.30. The maximum absolute atomic E-state index is 11.9. The van der Waals surface area contributed by atoms with Gasteiger partial charge in [-0.05, 0) is 51.6 Å². The third-order valence-corrected chi connectivity index (χ3v) is 4.19. The SMILES string of the molecule is Cc1cc(NC(=O)CN(C)C(C)(C)C(=O)O)ccc1Br. The van der Waals surface area contributed by atoms with Crippen LogP contribution in [0.3, 0.4) is 0 Å². The number of aryl methyl sites for hydroxylation is 1. The van der Waals surface area contributed by atoms with E-state index in [0.29, 0.717) is 5.69 Å². The molecule has 0 saturated carbocycles. The summed E-state index contributed by atoms with van der Waals surface area (Å²) >= 11 is 3.39. The van der Waals surface area contributed by atoms with E-state index >= 15 is 0 Å². The Balaban J connectivity index is 2.68. The number of carboxylic acid groups (broad SMARTS) is 1. The Kier molecular flexibility index (Phi) is 5.30. The Hall–Kier alpha value is -1.40. The predicted octanol–water partition coefficient (Wildman–Crippen LogP) is 2.49. The van der Waals surface area contributed by atoms with Crippen LogP contribution in [0.4, 0.5) is 5.69 Å². The number of carbonyl (C=O) groups is 2. The zero-order valence-corrected chi connectivity index (χ0v) is 13.6. The fourth-order valence-corrected chi connectivity index (χ4v) is 1.75. The van der Waals surface area contributed by atoms with Crippen LogP contribution in [0.1, 0.15) is 19.4 Å². The molecular weight excluding hydrogens is 324 g/mol. The van der Waals surface area contributed by atoms with E-state index in [0.717, 1.165) is 10.0 Å². The van der Waals surface area contributed by atoms with Crippen LogP contribution >= 0.6 is 15.9 Å². The van der Waals surface area contributed by atoms with Crippen LogP contribution in [0.2, 0.25) is 0 Å². The summed E-state index contributed by atoms with van der Waals surface area (Å²) < 4.78 is 0.972. The van der Waals surface area contributed by atoms with Crippen LogP contribution in [0.15, 0.2) is 22.7 Å². The van der Waals surface area contributed by atoms with Gasteiger partial charge in [0.2, 0.25) is 5.91 Å². The van der Waals surface area contributed by atoms with Gasteiger partial charge < -0.3 is 10.4 Å². The maximum Gasteiger partial charge on any atom is 0.323 e. The van der Waals surface area contributed by atoms with Gasteiger partial charge in [0, 0.05) is 10.2 Å². The first-order valence-corrected chi connectivity index (χ1v) is 6.94. The van der Waals surface area contributed by atoms with E-state index in [2.05, 4.69) is 21.2 Å². The van der Waals surface area contributed by atoms with Gasteiger partial charge in [-0.3, -0.25) is 14.5 Å². The first-order chi connectivity index (χ1) is 9.14. The molecule has 0 aliphatic rings. The van der Waals surface area contributed by atoms with Gasteiger partial charge in [-0.1, -0.05) is 15.9 Å². The molecule has 0 aliphatic heterocycles. The van der Waals surface area contributed by atoms with Crippen molar-refractivity contribution in [3.8, 4) is 0 Å². The predicted molar refractivity (Wildman–Crippen MR) is 81.9 cm³/mol. The standard InChI is InChI=1S/C14H19BrN2O3/c1-9-7-10(5-6-11(9)15)16-12(18)8-17(4)14(2,3)13(19)20/h5-7H,8H2,1-4H3,(H,16,18)(H,19,20). The smallest absolute Gasteiger partial charge is 0.323 e. The highest BCUT2D eigenvalue weighted by molar-refractivity contribution is 9.10. The van der Waals surface area contributed by atoms with Gasteiger partial charge in [-0.2, -0.15) is 0 Å². The molecule has 1 aromatic rings. The summed E-state index contributed by atoms with van der Waals surface area (Å²) in [5.74, 6) is -1.21. The first-order valence-electron chi connectivity index (χ1n) is 6.15. The normalized spacial score (nSPS) is 11.5. The van der Waals surface area contributed by atoms with Gasteiger partial charge in [0.15, 0.2) is 0 Å². The molecule has 5 nitrogen and oxygen atoms in total. The monoisotopic (exact) mass is 342 g/mol. The molecule has 0 aromatic heterocycles. The number of likely N-dealkylation sites (N-methyl/N-ethyl adjacent to an activating group) is 1. The minimum absolute atomic E-state index is 0.00834. The lowest BCUT2D eigenvalue weighted by molar-refractivity contribution is -0.148. The molecule has 1 aromatic carbocycles. The molecule has 1 amide bonds. The fourth-order valence-electron chi connectivity index (χ4n) is 1.50. The topological polar surface area (TPSA) is 69.6 Å². The summed E-state index contributed by atoms with van der Waals surface area (Å²) in [6, 6.07) is 5.50. The van der Waals surface area contributed by atoms with Gasteiger partial charge in [0.05, 0.1) is 6.54 Å². The summed E-state index contributed by atoms with van der Waals surface area (Å²) in [6.45, 7) is 5.06. The van der Waals surface area contributed by atoms with Crippen molar-refractivity contribution in [1.29, 1.82) is 0 Å². The number of carbonyl (C=O) groups excluding carboxylic acids is 1. The summed E-state index contributed by atoms with van der Waals surface area (Å²) in [5.41, 5.74) is 0.617. The molecule has 110 valence electrons. The van der Waals surface area contributed by atoms with Crippen LogP contribution in [-0.4, -0.2) is 41.0 Å². The van der Waals surface area contributed by atoms with E-state index in [1.54, 1.807) is 27.0 Å². The highest BCUT2D eigenvalue weighted by Gasteiger charge is 2.32. The molecule has 0 unspecified atom stereocenters. The molecule has 0 atom stereocenters. The summed E-state index contributed by atoms with van der Waals surface area (Å²) in [4.78, 5) is 24.5. The number of carboxylic acids is 1. The highest BCUT2D eigenvalue weighted by atomic mass is 79.9. The molecule has 0 aliphatic carbocycles. The summed E-state index contributed by atoms with van der Waals surface area (Å²) in [7, 11) is 1.61. The molecule has 0 fully saturated rings. The summed E-state index contributed by atoms with van der Waals surface area (Å²) in [6.07, 6.45) is 0. The minimum Gasteiger partial charge on any atom is -0.480 e. The van der Waals surface area contributed by atoms with Crippen molar-refractivity contribution in [2.75, 3.05) is 18.9 Å². The molecule has 1 rings (SSSR count). The van der Waals surface area contributed by atoms with Crippen LogP contribution in [0.5, 0.6) is 0 Å². The van der Waals surface area contributed by atoms with Crippen molar-refractivity contribution in [2.45, 2.75) is 26.3 Å². The Bertz CT molecular complexity index is 529. The summed E-state index contributed by atoms with van der Waals surface area (Å²) in [5, 5.41) is 11.9. The molecule has 20 heavy (non-hydrogen) atoms. The van der Waals surface area contributed by atoms with Gasteiger partial charge in [-0.15, -0.1) is 0 Å². The number of aliphatic carboxylic acids is 1. The van der Waals surface area contributed by atoms with Crippen molar-refractivity contribution in [3.63, 3.8) is 0 Å². The van der Waals surface area contributed by atoms with Crippen molar-refractivity contribution < 1.29 is 14.7 Å². The Labute approximate surface area is 127 Å². The molecule has 0 spiro atoms. The molecule has 0 saturated heterocycles. The van der Waals surface area contributed by atoms with Gasteiger partial charge in [0.25, 0.3) is 0 Å². The molecule has 0 bridgehead atoms. The number of amides is 1. The Morgan fingerprint density at radius 1 is 1.40 bits per heavy atom. The lowest BCUT2D eigenvalue weighted by Gasteiger charge is -2.30. The minimum atomic E-state index is -1.09. The highest BCUT2D eigenvalue weighted by Crippen LogP contribution is 2.20. The zero-order chi connectivity index (χ0) is 15.5. The lowest BCUT2D eigenvalue weighted by Crippen LogP contribution is -2.50. The Morgan fingerprint density at radius 3 is 2.50 bits per heavy atom. The van der Waals surface area contributed by atoms with E-state index in [4.69, 9.17) is 5.11 Å². The van der Waals surface area contributed by atoms with Crippen LogP contribution < -0.4 is 5.32 Å². The number of rotatable bonds is 5. The van der Waals surface area contributed by atoms with E-state index in [9.17, 15) is 9.59 Å². The fraction of sp³-hybridized carbons (Fsp3) is 0.429. The van der Waals surface area contributed by atoms with Gasteiger partial charge in [0.1, 0.15) is 5.54 Å². The third kappa shape index (κ3) is 4.05. The van der Waals surface area contributed by atoms with E-state index in [1.165, 1.54) is 4.90 Å². The van der Waals surface area contributed by atoms with E-state index < -0.39 is 11.5 Å². The molecule has 0 heterocycles. The van der Waals surface area contributed by atoms with Crippen molar-refractivity contribution in [2.24, 2.45) is 0 Å². The number of anilines is 1. The Morgan fingerprint density at radius 2 is 2.00 bits per heavy atom. The van der Waals surface area contributed by atoms with Gasteiger partial charge in [-0.25, -0.2) is 0 Å². The second-order valence-electron chi connectivity index (χ2n) is 5.23. The molecular formula is C14H19BrN2O3. The van der Waals surface area contributed by atoms with Crippen molar-refractivity contribution >= 4 is 33.5 Å². The number of halogens is 1. The van der Waals surface area contributed by atoms with Crippen LogP contribution in [-0.2, 0) is 9.59 Å². The lowest BCUT2D eigenvalue weighted by atomic mass is 10.0. The van der Waals surface area contributed by atoms with Crippen LogP contribution in [0, 0.1) is 6.92 Å².